The topological polar surface area (TPSA) is 32.3 Å². The molecule has 0 radical (unpaired) electrons. The number of hydrogen-bond acceptors (Lipinski definition) is 3. The summed E-state index contributed by atoms with van der Waals surface area (Å²) in [6, 6.07) is 0. The fraction of sp³-hybridized carbons (Fsp3) is 1.00. The van der Waals surface area contributed by atoms with Crippen LogP contribution >= 0.6 is 11.8 Å². The molecule has 1 saturated heterocycles. The second kappa shape index (κ2) is 11.3. The van der Waals surface area contributed by atoms with E-state index in [2.05, 4.69) is 12.2 Å². The van der Waals surface area contributed by atoms with Gasteiger partial charge in [0.15, 0.2) is 0 Å². The molecule has 0 amide bonds. The van der Waals surface area contributed by atoms with Gasteiger partial charge in [-0.15, -0.1) is 0 Å². The number of aliphatic hydroxyl groups is 1. The summed E-state index contributed by atoms with van der Waals surface area (Å²) in [4.78, 5) is 0. The fourth-order valence-corrected chi connectivity index (χ4v) is 1.66. The molecule has 0 bridgehead atoms. The van der Waals surface area contributed by atoms with E-state index in [1.165, 1.54) is 31.0 Å². The smallest absolute Gasteiger partial charge is 0.0431 e. The molecule has 0 aromatic rings. The number of unbranched alkanes of at least 4 members (excludes halogenated alkanes) is 2. The zero-order chi connectivity index (χ0) is 9.07. The van der Waals surface area contributed by atoms with Gasteiger partial charge < -0.3 is 10.4 Å². The third-order valence-corrected chi connectivity index (χ3v) is 2.59. The fourth-order valence-electron chi connectivity index (χ4n) is 0.878. The maximum Gasteiger partial charge on any atom is 0.0431 e. The van der Waals surface area contributed by atoms with E-state index in [9.17, 15) is 0 Å². The van der Waals surface area contributed by atoms with Crippen LogP contribution in [0, 0.1) is 0 Å². The Bertz CT molecular complexity index is 61.4. The Balaban J connectivity index is 0.000000202. The first-order valence-corrected chi connectivity index (χ1v) is 5.96. The van der Waals surface area contributed by atoms with E-state index < -0.39 is 0 Å². The van der Waals surface area contributed by atoms with E-state index in [1.54, 1.807) is 0 Å². The summed E-state index contributed by atoms with van der Waals surface area (Å²) in [7, 11) is 0. The first kappa shape index (κ1) is 12.3. The predicted octanol–water partition coefficient (Wildman–Crippen LogP) is 1.49. The maximum atomic E-state index is 8.20. The molecule has 1 fully saturated rings. The van der Waals surface area contributed by atoms with Crippen LogP contribution in [0.5, 0.6) is 0 Å². The van der Waals surface area contributed by atoms with Crippen LogP contribution in [0.1, 0.15) is 26.2 Å². The highest BCUT2D eigenvalue weighted by Gasteiger charge is 1.93. The van der Waals surface area contributed by atoms with Crippen molar-refractivity contribution in [2.75, 3.05) is 31.2 Å². The highest BCUT2D eigenvalue weighted by Crippen LogP contribution is 1.99. The molecule has 1 aliphatic rings. The van der Waals surface area contributed by atoms with Crippen molar-refractivity contribution < 1.29 is 5.11 Å². The average Bonchev–Trinajstić information content (AvgIpc) is 2.18. The van der Waals surface area contributed by atoms with Gasteiger partial charge in [0.05, 0.1) is 0 Å². The van der Waals surface area contributed by atoms with E-state index in [4.69, 9.17) is 5.11 Å². The molecule has 2 N–H and O–H groups in total. The minimum atomic E-state index is 0.355. The minimum Gasteiger partial charge on any atom is -0.396 e. The lowest BCUT2D eigenvalue weighted by molar-refractivity contribution is 0.284. The van der Waals surface area contributed by atoms with Gasteiger partial charge in [0.2, 0.25) is 0 Å². The van der Waals surface area contributed by atoms with Crippen LogP contribution in [0.3, 0.4) is 0 Å². The van der Waals surface area contributed by atoms with Crippen LogP contribution in [0.4, 0.5) is 0 Å². The number of rotatable bonds is 3. The molecule has 1 aliphatic heterocycles. The molecule has 74 valence electrons. The van der Waals surface area contributed by atoms with Gasteiger partial charge in [0.1, 0.15) is 0 Å². The zero-order valence-corrected chi connectivity index (χ0v) is 8.83. The third kappa shape index (κ3) is 10.3. The largest absolute Gasteiger partial charge is 0.396 e. The van der Waals surface area contributed by atoms with Crippen molar-refractivity contribution in [3.8, 4) is 0 Å². The normalized spacial score (nSPS) is 16.5. The molecule has 3 heteroatoms. The van der Waals surface area contributed by atoms with Crippen molar-refractivity contribution in [2.45, 2.75) is 26.2 Å². The summed E-state index contributed by atoms with van der Waals surface area (Å²) in [6.45, 7) is 4.90. The summed E-state index contributed by atoms with van der Waals surface area (Å²) in [5.41, 5.74) is 0. The van der Waals surface area contributed by atoms with Crippen LogP contribution in [0.15, 0.2) is 0 Å². The first-order chi connectivity index (χ1) is 5.91. The van der Waals surface area contributed by atoms with Crippen LogP contribution in [0.25, 0.3) is 0 Å². The summed E-state index contributed by atoms with van der Waals surface area (Å²) in [5.74, 6) is 2.61. The van der Waals surface area contributed by atoms with Gasteiger partial charge in [-0.25, -0.2) is 0 Å². The summed E-state index contributed by atoms with van der Waals surface area (Å²) >= 11 is 2.03. The molecule has 0 spiro atoms. The lowest BCUT2D eigenvalue weighted by Gasteiger charge is -2.08. The lowest BCUT2D eigenvalue weighted by atomic mass is 10.3. The monoisotopic (exact) mass is 191 g/mol. The molecular formula is C9H21NOS. The molecule has 0 saturated carbocycles. The van der Waals surface area contributed by atoms with E-state index in [1.807, 2.05) is 11.8 Å². The Morgan fingerprint density at radius 3 is 2.08 bits per heavy atom. The quantitative estimate of drug-likeness (QED) is 0.663. The van der Waals surface area contributed by atoms with Gasteiger partial charge in [0.25, 0.3) is 0 Å². The van der Waals surface area contributed by atoms with Gasteiger partial charge in [-0.2, -0.15) is 11.8 Å². The van der Waals surface area contributed by atoms with E-state index in [0.717, 1.165) is 12.8 Å². The highest BCUT2D eigenvalue weighted by atomic mass is 32.2. The Kier molecular flexibility index (Phi) is 11.5. The van der Waals surface area contributed by atoms with Gasteiger partial charge in [0, 0.05) is 31.2 Å². The van der Waals surface area contributed by atoms with Gasteiger partial charge in [-0.3, -0.25) is 0 Å². The van der Waals surface area contributed by atoms with Crippen molar-refractivity contribution in [3.05, 3.63) is 0 Å². The molecule has 0 atom stereocenters. The van der Waals surface area contributed by atoms with Crippen LogP contribution in [0.2, 0.25) is 0 Å². The van der Waals surface area contributed by atoms with Gasteiger partial charge >= 0.3 is 0 Å². The van der Waals surface area contributed by atoms with E-state index >= 15 is 0 Å². The van der Waals surface area contributed by atoms with Crippen LogP contribution in [-0.4, -0.2) is 36.3 Å². The zero-order valence-electron chi connectivity index (χ0n) is 8.01. The Morgan fingerprint density at radius 2 is 1.92 bits per heavy atom. The number of thioether (sulfide) groups is 1. The molecule has 0 aliphatic carbocycles. The second-order valence-corrected chi connectivity index (χ2v) is 4.02. The minimum absolute atomic E-state index is 0.355. The molecule has 0 unspecified atom stereocenters. The van der Waals surface area contributed by atoms with Crippen molar-refractivity contribution in [2.24, 2.45) is 0 Å². The number of nitrogens with one attached hydrogen (secondary N) is 1. The summed E-state index contributed by atoms with van der Waals surface area (Å²) < 4.78 is 0. The molecule has 12 heavy (non-hydrogen) atoms. The van der Waals surface area contributed by atoms with Crippen LogP contribution in [-0.2, 0) is 0 Å². The highest BCUT2D eigenvalue weighted by molar-refractivity contribution is 7.99. The summed E-state index contributed by atoms with van der Waals surface area (Å²) in [5, 5.41) is 11.5. The van der Waals surface area contributed by atoms with E-state index in [-0.39, 0.29) is 0 Å². The molecule has 2 nitrogen and oxygen atoms in total. The molecule has 0 aromatic carbocycles. The van der Waals surface area contributed by atoms with Gasteiger partial charge in [-0.1, -0.05) is 19.8 Å². The van der Waals surface area contributed by atoms with Gasteiger partial charge in [-0.05, 0) is 6.42 Å². The standard InChI is InChI=1S/C5H12O.C4H9NS/c1-2-3-4-5-6;1-3-6-4-2-5-1/h6H,2-5H2,1H3;5H,1-4H2. The van der Waals surface area contributed by atoms with Crippen molar-refractivity contribution in [1.29, 1.82) is 0 Å². The Hall–Kier alpha value is 0.270. The average molecular weight is 191 g/mol. The SMILES string of the molecule is C1CSCCN1.CCCCCO. The first-order valence-electron chi connectivity index (χ1n) is 4.81. The second-order valence-electron chi connectivity index (χ2n) is 2.79. The molecule has 0 aromatic heterocycles. The lowest BCUT2D eigenvalue weighted by Crippen LogP contribution is -2.24. The molecular weight excluding hydrogens is 170 g/mol. The Labute approximate surface area is 80.1 Å². The molecule has 1 rings (SSSR count). The van der Waals surface area contributed by atoms with Crippen molar-refractivity contribution in [3.63, 3.8) is 0 Å². The molecule has 1 heterocycles. The number of aliphatic hydroxyl groups excluding tert-OH is 1. The Morgan fingerprint density at radius 1 is 1.25 bits per heavy atom. The third-order valence-electron chi connectivity index (χ3n) is 1.61. The van der Waals surface area contributed by atoms with Crippen molar-refractivity contribution in [1.82, 2.24) is 5.32 Å². The number of hydrogen-bond donors (Lipinski definition) is 2. The van der Waals surface area contributed by atoms with Crippen LogP contribution < -0.4 is 5.32 Å². The predicted molar refractivity (Wildman–Crippen MR) is 56.8 cm³/mol. The van der Waals surface area contributed by atoms with Crippen molar-refractivity contribution >= 4 is 11.8 Å². The maximum absolute atomic E-state index is 8.20. The summed E-state index contributed by atoms with van der Waals surface area (Å²) in [6.07, 6.45) is 3.33. The van der Waals surface area contributed by atoms with E-state index in [0.29, 0.717) is 6.61 Å².